The van der Waals surface area contributed by atoms with Gasteiger partial charge in [-0.1, -0.05) is 0 Å². The average Bonchev–Trinajstić information content (AvgIpc) is 3.30. The molecule has 0 spiro atoms. The van der Waals surface area contributed by atoms with E-state index in [1.165, 1.54) is 29.2 Å². The molecule has 1 aromatic rings. The minimum absolute atomic E-state index is 0.0214. The van der Waals surface area contributed by atoms with E-state index in [9.17, 15) is 18.5 Å². The maximum atomic E-state index is 13.0. The van der Waals surface area contributed by atoms with Crippen molar-refractivity contribution in [2.24, 2.45) is 5.92 Å². The highest BCUT2D eigenvalue weighted by molar-refractivity contribution is 7.92. The van der Waals surface area contributed by atoms with Crippen LogP contribution >= 0.6 is 0 Å². The lowest BCUT2D eigenvalue weighted by atomic mass is 10.1. The van der Waals surface area contributed by atoms with Crippen molar-refractivity contribution in [3.05, 3.63) is 30.1 Å². The summed E-state index contributed by atoms with van der Waals surface area (Å²) in [6.07, 6.45) is 1.23. The number of amides is 2. The molecule has 6 nitrogen and oxygen atoms in total. The molecule has 0 radical (unpaired) electrons. The van der Waals surface area contributed by atoms with Crippen LogP contribution in [-0.2, 0) is 20.8 Å². The number of hydrogen-bond acceptors (Lipinski definition) is 4. The predicted molar refractivity (Wildman–Crippen MR) is 89.6 cm³/mol. The molecule has 0 bridgehead atoms. The van der Waals surface area contributed by atoms with Crippen LogP contribution in [0.5, 0.6) is 0 Å². The standard InChI is InChI=1S/C17H21FN2O4S/c18-13-1-3-14(4-2-13)25(24)15-6-8-20(10-15)17(23)12-5-7-19(9-12)16(22)11-21/h1-4,12,15,21H,5-11H2/t12-,15?,25?/m1/s1. The van der Waals surface area contributed by atoms with Gasteiger partial charge >= 0.3 is 0 Å². The van der Waals surface area contributed by atoms with Crippen LogP contribution in [0.3, 0.4) is 0 Å². The van der Waals surface area contributed by atoms with Crippen molar-refractivity contribution in [1.82, 2.24) is 9.80 Å². The number of rotatable bonds is 4. The molecule has 1 aromatic carbocycles. The largest absolute Gasteiger partial charge is 0.611 e. The fourth-order valence-corrected chi connectivity index (χ4v) is 4.83. The summed E-state index contributed by atoms with van der Waals surface area (Å²) in [5.41, 5.74) is 0. The second-order valence-corrected chi connectivity index (χ2v) is 8.16. The number of likely N-dealkylation sites (tertiary alicyclic amines) is 2. The zero-order chi connectivity index (χ0) is 18.0. The lowest BCUT2D eigenvalue weighted by Gasteiger charge is -2.21. The minimum atomic E-state index is -1.28. The molecule has 0 saturated carbocycles. The molecule has 3 rings (SSSR count). The van der Waals surface area contributed by atoms with E-state index in [4.69, 9.17) is 5.11 Å². The molecule has 2 heterocycles. The lowest BCUT2D eigenvalue weighted by Crippen LogP contribution is -2.38. The van der Waals surface area contributed by atoms with Crippen LogP contribution in [0.4, 0.5) is 4.39 Å². The van der Waals surface area contributed by atoms with Crippen molar-refractivity contribution in [3.8, 4) is 0 Å². The van der Waals surface area contributed by atoms with Gasteiger partial charge in [-0.15, -0.1) is 0 Å². The summed E-state index contributed by atoms with van der Waals surface area (Å²) >= 11 is -1.28. The van der Waals surface area contributed by atoms with Gasteiger partial charge in [0.25, 0.3) is 0 Å². The van der Waals surface area contributed by atoms with E-state index in [2.05, 4.69) is 0 Å². The summed E-state index contributed by atoms with van der Waals surface area (Å²) in [7, 11) is 0. The molecule has 2 amide bonds. The average molecular weight is 368 g/mol. The smallest absolute Gasteiger partial charge is 0.248 e. The molecule has 2 aliphatic rings. The summed E-state index contributed by atoms with van der Waals surface area (Å²) in [5.74, 6) is -1.00. The first-order valence-corrected chi connectivity index (χ1v) is 9.54. The Morgan fingerprint density at radius 1 is 1.16 bits per heavy atom. The van der Waals surface area contributed by atoms with E-state index in [-0.39, 0.29) is 28.8 Å². The van der Waals surface area contributed by atoms with E-state index >= 15 is 0 Å². The number of halogens is 1. The normalized spacial score (nSPS) is 24.6. The Labute approximate surface area is 148 Å². The number of carbonyl (C=O) groups excluding carboxylic acids is 2. The van der Waals surface area contributed by atoms with Crippen LogP contribution < -0.4 is 0 Å². The molecular weight excluding hydrogens is 347 g/mol. The fourth-order valence-electron chi connectivity index (χ4n) is 3.41. The molecule has 3 atom stereocenters. The maximum absolute atomic E-state index is 13.0. The van der Waals surface area contributed by atoms with Gasteiger partial charge in [-0.2, -0.15) is 0 Å². The quantitative estimate of drug-likeness (QED) is 0.779. The van der Waals surface area contributed by atoms with Gasteiger partial charge in [-0.25, -0.2) is 4.39 Å². The van der Waals surface area contributed by atoms with Crippen LogP contribution in [0.1, 0.15) is 12.8 Å². The lowest BCUT2D eigenvalue weighted by molar-refractivity contribution is -0.135. The van der Waals surface area contributed by atoms with Crippen LogP contribution in [0, 0.1) is 11.7 Å². The van der Waals surface area contributed by atoms with Crippen molar-refractivity contribution < 1.29 is 23.6 Å². The highest BCUT2D eigenvalue weighted by atomic mass is 32.2. The van der Waals surface area contributed by atoms with Crippen LogP contribution in [0.25, 0.3) is 0 Å². The molecule has 2 saturated heterocycles. The molecular formula is C17H21FN2O4S. The Kier molecular flexibility index (Phi) is 5.61. The first-order valence-electron chi connectivity index (χ1n) is 8.33. The molecule has 25 heavy (non-hydrogen) atoms. The molecule has 0 aromatic heterocycles. The van der Waals surface area contributed by atoms with Gasteiger partial charge in [-0.05, 0) is 41.9 Å². The Morgan fingerprint density at radius 2 is 1.84 bits per heavy atom. The van der Waals surface area contributed by atoms with E-state index in [1.807, 2.05) is 0 Å². The maximum Gasteiger partial charge on any atom is 0.248 e. The summed E-state index contributed by atoms with van der Waals surface area (Å²) in [5, 5.41) is 8.75. The second-order valence-electron chi connectivity index (χ2n) is 6.43. The van der Waals surface area contributed by atoms with Crippen LogP contribution in [-0.4, -0.2) is 69.3 Å². The van der Waals surface area contributed by atoms with E-state index < -0.39 is 17.8 Å². The van der Waals surface area contributed by atoms with Gasteiger partial charge in [0.1, 0.15) is 17.7 Å². The molecule has 0 aliphatic carbocycles. The van der Waals surface area contributed by atoms with Gasteiger partial charge in [0.2, 0.25) is 11.8 Å². The van der Waals surface area contributed by atoms with Gasteiger partial charge in [0, 0.05) is 26.1 Å². The van der Waals surface area contributed by atoms with Crippen molar-refractivity contribution >= 4 is 23.0 Å². The molecule has 2 aliphatic heterocycles. The first-order chi connectivity index (χ1) is 12.0. The molecule has 2 unspecified atom stereocenters. The Balaban J connectivity index is 1.56. The highest BCUT2D eigenvalue weighted by Crippen LogP contribution is 2.27. The summed E-state index contributed by atoms with van der Waals surface area (Å²) in [6.45, 7) is 1.23. The summed E-state index contributed by atoms with van der Waals surface area (Å²) < 4.78 is 25.6. The predicted octanol–water partition coefficient (Wildman–Crippen LogP) is 0.375. The molecule has 2 fully saturated rings. The van der Waals surface area contributed by atoms with Crippen molar-refractivity contribution in [1.29, 1.82) is 0 Å². The molecule has 8 heteroatoms. The van der Waals surface area contributed by atoms with Crippen LogP contribution in [0.2, 0.25) is 0 Å². The SMILES string of the molecule is O=C(CO)N1CC[C@@H](C(=O)N2CCC([S+]([O-])c3ccc(F)cc3)C2)C1. The van der Waals surface area contributed by atoms with Crippen LogP contribution in [0.15, 0.2) is 29.2 Å². The number of aliphatic hydroxyl groups excluding tert-OH is 1. The number of carbonyl (C=O) groups is 2. The Hall–Kier alpha value is -1.64. The van der Waals surface area contributed by atoms with Crippen molar-refractivity contribution in [3.63, 3.8) is 0 Å². The second kappa shape index (κ2) is 7.72. The van der Waals surface area contributed by atoms with E-state index in [0.29, 0.717) is 43.9 Å². The minimum Gasteiger partial charge on any atom is -0.611 e. The highest BCUT2D eigenvalue weighted by Gasteiger charge is 2.39. The number of nitrogens with zero attached hydrogens (tertiary/aromatic N) is 2. The summed E-state index contributed by atoms with van der Waals surface area (Å²) in [4.78, 5) is 27.9. The third-order valence-electron chi connectivity index (χ3n) is 4.83. The zero-order valence-corrected chi connectivity index (χ0v) is 14.6. The van der Waals surface area contributed by atoms with Gasteiger partial charge < -0.3 is 19.5 Å². The zero-order valence-electron chi connectivity index (χ0n) is 13.8. The van der Waals surface area contributed by atoms with Crippen molar-refractivity contribution in [2.75, 3.05) is 32.8 Å². The third kappa shape index (κ3) is 3.96. The number of benzene rings is 1. The fraction of sp³-hybridized carbons (Fsp3) is 0.529. The van der Waals surface area contributed by atoms with Gasteiger partial charge in [0.05, 0.1) is 12.5 Å². The van der Waals surface area contributed by atoms with E-state index in [0.717, 1.165) is 0 Å². The topological polar surface area (TPSA) is 83.9 Å². The number of hydrogen-bond donors (Lipinski definition) is 1. The first kappa shape index (κ1) is 18.2. The van der Waals surface area contributed by atoms with Crippen molar-refractivity contribution in [2.45, 2.75) is 23.0 Å². The Bertz CT molecular complexity index is 642. The van der Waals surface area contributed by atoms with E-state index in [1.54, 1.807) is 4.90 Å². The number of aliphatic hydroxyl groups is 1. The summed E-state index contributed by atoms with van der Waals surface area (Å²) in [6, 6.07) is 5.61. The third-order valence-corrected chi connectivity index (χ3v) is 6.56. The van der Waals surface area contributed by atoms with Gasteiger partial charge in [-0.3, -0.25) is 9.59 Å². The molecule has 136 valence electrons. The van der Waals surface area contributed by atoms with Gasteiger partial charge in [0.15, 0.2) is 4.90 Å². The monoisotopic (exact) mass is 368 g/mol. The molecule has 1 N–H and O–H groups in total. The Morgan fingerprint density at radius 3 is 2.52 bits per heavy atom.